The molecule has 3 N–H and O–H groups in total. The molecule has 34 heavy (non-hydrogen) atoms. The zero-order valence-electron chi connectivity index (χ0n) is 18.2. The first-order chi connectivity index (χ1) is 16.5. The number of esters is 1. The number of carbonyl (C=O) groups excluding carboxylic acids is 1. The molecule has 0 unspecified atom stereocenters. The lowest BCUT2D eigenvalue weighted by atomic mass is 9.95. The van der Waals surface area contributed by atoms with Gasteiger partial charge < -0.3 is 20.3 Å². The average Bonchev–Trinajstić information content (AvgIpc) is 2.86. The van der Waals surface area contributed by atoms with Crippen molar-refractivity contribution in [3.8, 4) is 28.1 Å². The Morgan fingerprint density at radius 3 is 2.18 bits per heavy atom. The molecule has 8 heteroatoms. The third-order valence-electron chi connectivity index (χ3n) is 5.06. The summed E-state index contributed by atoms with van der Waals surface area (Å²) in [6.45, 7) is 1.83. The molecule has 170 valence electrons. The number of benzene rings is 3. The number of carboxylic acid groups (broad SMARTS) is 1. The Balaban J connectivity index is 1.97. The van der Waals surface area contributed by atoms with Gasteiger partial charge in [0.25, 0.3) is 0 Å². The van der Waals surface area contributed by atoms with E-state index in [1.807, 2.05) is 60.7 Å². The minimum absolute atomic E-state index is 0.0230. The molecule has 3 aromatic carbocycles. The molecule has 4 rings (SSSR count). The molecule has 8 nitrogen and oxygen atoms in total. The number of phenols is 1. The monoisotopic (exact) mass is 455 g/mol. The van der Waals surface area contributed by atoms with Crippen molar-refractivity contribution < 1.29 is 24.5 Å². The van der Waals surface area contributed by atoms with Crippen molar-refractivity contribution in [2.75, 3.05) is 11.9 Å². The van der Waals surface area contributed by atoms with Crippen LogP contribution < -0.4 is 5.32 Å². The number of anilines is 2. The maximum Gasteiger partial charge on any atom is 0.342 e. The molecular formula is C26H21N3O5. The van der Waals surface area contributed by atoms with Gasteiger partial charge in [-0.3, -0.25) is 0 Å². The minimum Gasteiger partial charge on any atom is -0.506 e. The minimum atomic E-state index is -1.16. The lowest BCUT2D eigenvalue weighted by Gasteiger charge is -2.18. The summed E-state index contributed by atoms with van der Waals surface area (Å²) in [5.41, 5.74) is 2.57. The third kappa shape index (κ3) is 4.56. The summed E-state index contributed by atoms with van der Waals surface area (Å²) in [4.78, 5) is 24.6. The normalized spacial score (nSPS) is 10.5. The number of carboxylic acids is 1. The molecular weight excluding hydrogens is 434 g/mol. The molecule has 0 saturated heterocycles. The number of carbonyl (C=O) groups is 2. The number of rotatable bonds is 7. The number of phenolic OH excluding ortho intramolecular Hbond substituents is 1. The van der Waals surface area contributed by atoms with Gasteiger partial charge in [-0.2, -0.15) is 0 Å². The first-order valence-corrected chi connectivity index (χ1v) is 10.5. The van der Waals surface area contributed by atoms with Crippen LogP contribution >= 0.6 is 0 Å². The summed E-state index contributed by atoms with van der Waals surface area (Å²) in [6, 6.07) is 22.3. The van der Waals surface area contributed by atoms with Crippen LogP contribution in [0.3, 0.4) is 0 Å². The van der Waals surface area contributed by atoms with Crippen LogP contribution in [0.4, 0.5) is 11.5 Å². The van der Waals surface area contributed by atoms with Crippen LogP contribution in [-0.2, 0) is 4.74 Å². The number of hydrogen-bond donors (Lipinski definition) is 3. The molecule has 0 aliphatic rings. The Morgan fingerprint density at radius 2 is 1.56 bits per heavy atom. The fourth-order valence-electron chi connectivity index (χ4n) is 3.51. The molecule has 4 aromatic rings. The van der Waals surface area contributed by atoms with Crippen molar-refractivity contribution >= 4 is 23.4 Å². The number of ether oxygens (including phenoxy) is 1. The Bertz CT molecular complexity index is 1340. The summed E-state index contributed by atoms with van der Waals surface area (Å²) in [5.74, 6) is -1.99. The number of aromatic hydroxyl groups is 1. The van der Waals surface area contributed by atoms with E-state index in [-0.39, 0.29) is 35.0 Å². The van der Waals surface area contributed by atoms with Crippen molar-refractivity contribution in [2.24, 2.45) is 0 Å². The lowest BCUT2D eigenvalue weighted by Crippen LogP contribution is -2.14. The first-order valence-electron chi connectivity index (χ1n) is 10.5. The highest BCUT2D eigenvalue weighted by Crippen LogP contribution is 2.38. The van der Waals surface area contributed by atoms with Crippen molar-refractivity contribution in [3.05, 3.63) is 90.0 Å². The summed E-state index contributed by atoms with van der Waals surface area (Å²) >= 11 is 0. The number of aromatic nitrogens is 2. The number of nitrogens with zero attached hydrogens (tertiary/aromatic N) is 2. The second-order valence-electron chi connectivity index (χ2n) is 7.26. The quantitative estimate of drug-likeness (QED) is 0.259. The van der Waals surface area contributed by atoms with E-state index >= 15 is 0 Å². The van der Waals surface area contributed by atoms with Gasteiger partial charge in [-0.1, -0.05) is 60.7 Å². The molecule has 1 aromatic heterocycles. The van der Waals surface area contributed by atoms with Gasteiger partial charge >= 0.3 is 11.9 Å². The first kappa shape index (κ1) is 22.5. The van der Waals surface area contributed by atoms with Gasteiger partial charge in [0.2, 0.25) is 0 Å². The van der Waals surface area contributed by atoms with E-state index in [1.165, 1.54) is 18.2 Å². The third-order valence-corrected chi connectivity index (χ3v) is 5.06. The Labute approximate surface area is 195 Å². The Kier molecular flexibility index (Phi) is 6.49. The molecule has 1 heterocycles. The zero-order valence-corrected chi connectivity index (χ0v) is 18.2. The molecule has 0 radical (unpaired) electrons. The standard InChI is InChI=1S/C26H21N3O5/c1-2-34-26(33)22-21(16-9-5-3-6-10-16)23(17-11-7-4-8-12-17)28-29-24(22)27-19-15-18(25(31)32)13-14-20(19)30/h3-15,30H,2H2,1H3,(H,27,29)(H,31,32). The van der Waals surface area contributed by atoms with Crippen LogP contribution in [0.5, 0.6) is 5.75 Å². The molecule has 0 aliphatic carbocycles. The van der Waals surface area contributed by atoms with Crippen LogP contribution in [0, 0.1) is 0 Å². The molecule has 0 spiro atoms. The van der Waals surface area contributed by atoms with Crippen LogP contribution in [0.2, 0.25) is 0 Å². The molecule has 0 saturated carbocycles. The van der Waals surface area contributed by atoms with E-state index in [0.29, 0.717) is 16.8 Å². The van der Waals surface area contributed by atoms with Crippen LogP contribution in [0.1, 0.15) is 27.6 Å². The van der Waals surface area contributed by atoms with Gasteiger partial charge in [0.05, 0.1) is 17.9 Å². The van der Waals surface area contributed by atoms with Crippen molar-refractivity contribution in [3.63, 3.8) is 0 Å². The molecule has 0 aliphatic heterocycles. The number of nitrogens with one attached hydrogen (secondary N) is 1. The van der Waals surface area contributed by atoms with Gasteiger partial charge in [-0.25, -0.2) is 9.59 Å². The fourth-order valence-corrected chi connectivity index (χ4v) is 3.51. The van der Waals surface area contributed by atoms with E-state index < -0.39 is 11.9 Å². The van der Waals surface area contributed by atoms with E-state index in [1.54, 1.807) is 6.92 Å². The smallest absolute Gasteiger partial charge is 0.342 e. The van der Waals surface area contributed by atoms with Gasteiger partial charge in [0.1, 0.15) is 17.0 Å². The SMILES string of the molecule is CCOC(=O)c1c(Nc2cc(C(=O)O)ccc2O)nnc(-c2ccccc2)c1-c1ccccc1. The maximum atomic E-state index is 13.2. The molecule has 0 fully saturated rings. The van der Waals surface area contributed by atoms with E-state index in [9.17, 15) is 19.8 Å². The van der Waals surface area contributed by atoms with Gasteiger partial charge in [-0.05, 0) is 30.7 Å². The molecule has 0 atom stereocenters. The van der Waals surface area contributed by atoms with Crippen molar-refractivity contribution in [1.82, 2.24) is 10.2 Å². The maximum absolute atomic E-state index is 13.2. The van der Waals surface area contributed by atoms with Crippen molar-refractivity contribution in [1.29, 1.82) is 0 Å². The summed E-state index contributed by atoms with van der Waals surface area (Å²) in [7, 11) is 0. The lowest BCUT2D eigenvalue weighted by molar-refractivity contribution is 0.0527. The van der Waals surface area contributed by atoms with Gasteiger partial charge in [0.15, 0.2) is 5.82 Å². The topological polar surface area (TPSA) is 122 Å². The summed E-state index contributed by atoms with van der Waals surface area (Å²) < 4.78 is 5.35. The van der Waals surface area contributed by atoms with Crippen molar-refractivity contribution in [2.45, 2.75) is 6.92 Å². The fraction of sp³-hybridized carbons (Fsp3) is 0.0769. The highest BCUT2D eigenvalue weighted by atomic mass is 16.5. The number of hydrogen-bond acceptors (Lipinski definition) is 7. The largest absolute Gasteiger partial charge is 0.506 e. The second-order valence-corrected chi connectivity index (χ2v) is 7.26. The van der Waals surface area contributed by atoms with E-state index in [2.05, 4.69) is 15.5 Å². The Hall–Kier alpha value is -4.72. The van der Waals surface area contributed by atoms with Gasteiger partial charge in [-0.15, -0.1) is 10.2 Å². The van der Waals surface area contributed by atoms with Crippen LogP contribution in [-0.4, -0.2) is 39.0 Å². The highest BCUT2D eigenvalue weighted by molar-refractivity contribution is 6.06. The average molecular weight is 455 g/mol. The predicted molar refractivity (Wildman–Crippen MR) is 127 cm³/mol. The zero-order chi connectivity index (χ0) is 24.1. The van der Waals surface area contributed by atoms with E-state index in [4.69, 9.17) is 4.74 Å². The van der Waals surface area contributed by atoms with E-state index in [0.717, 1.165) is 5.56 Å². The molecule has 0 bridgehead atoms. The predicted octanol–water partition coefficient (Wildman–Crippen LogP) is 5.13. The summed E-state index contributed by atoms with van der Waals surface area (Å²) in [5, 5.41) is 31.1. The van der Waals surface area contributed by atoms with Crippen LogP contribution in [0.15, 0.2) is 78.9 Å². The van der Waals surface area contributed by atoms with Gasteiger partial charge in [0, 0.05) is 11.1 Å². The highest BCUT2D eigenvalue weighted by Gasteiger charge is 2.26. The van der Waals surface area contributed by atoms with Crippen LogP contribution in [0.25, 0.3) is 22.4 Å². The second kappa shape index (κ2) is 9.83. The molecule has 0 amide bonds. The number of aromatic carboxylic acids is 1. The summed E-state index contributed by atoms with van der Waals surface area (Å²) in [6.07, 6.45) is 0. The Morgan fingerprint density at radius 1 is 0.912 bits per heavy atom.